The third-order valence-electron chi connectivity index (χ3n) is 5.53. The normalized spacial score (nSPS) is 28.4. The summed E-state index contributed by atoms with van der Waals surface area (Å²) in [7, 11) is 0. The van der Waals surface area contributed by atoms with Gasteiger partial charge in [-0.1, -0.05) is 0 Å². The lowest BCUT2D eigenvalue weighted by Gasteiger charge is -2.44. The number of aliphatic hydroxyl groups is 1. The maximum absolute atomic E-state index is 12.3. The lowest BCUT2D eigenvalue weighted by Crippen LogP contribution is -2.61. The topological polar surface area (TPSA) is 115 Å². The highest BCUT2D eigenvalue weighted by molar-refractivity contribution is 7.09. The first-order valence-electron chi connectivity index (χ1n) is 9.02. The largest absolute Gasteiger partial charge is 0.477 e. The molecule has 1 amide bonds. The number of fused-ring (bicyclic) bond motifs is 1. The van der Waals surface area contributed by atoms with E-state index in [0.717, 1.165) is 22.1 Å². The van der Waals surface area contributed by atoms with E-state index in [0.29, 0.717) is 25.9 Å². The van der Waals surface area contributed by atoms with E-state index in [4.69, 9.17) is 0 Å². The molecule has 0 spiro atoms. The van der Waals surface area contributed by atoms with Crippen molar-refractivity contribution in [1.29, 1.82) is 0 Å². The maximum Gasteiger partial charge on any atom is 0.352 e. The number of nitrogens with one attached hydrogen (secondary N) is 1. The molecule has 0 aliphatic carbocycles. The summed E-state index contributed by atoms with van der Waals surface area (Å²) in [6, 6.07) is -0.248. The van der Waals surface area contributed by atoms with E-state index in [1.807, 2.05) is 12.3 Å². The fourth-order valence-corrected chi connectivity index (χ4v) is 4.87. The molecule has 27 heavy (non-hydrogen) atoms. The molecule has 3 aliphatic heterocycles. The molecule has 0 radical (unpaired) electrons. The van der Waals surface area contributed by atoms with E-state index >= 15 is 0 Å². The number of carboxylic acid groups (broad SMARTS) is 1. The predicted octanol–water partition coefficient (Wildman–Crippen LogP) is 0.562. The number of rotatable bonds is 5. The summed E-state index contributed by atoms with van der Waals surface area (Å²) in [6.45, 7) is 4.62. The number of aliphatic imine (C=N–C) groups is 1. The zero-order chi connectivity index (χ0) is 19.3. The maximum atomic E-state index is 12.3. The molecule has 1 unspecified atom stereocenters. The van der Waals surface area contributed by atoms with Crippen molar-refractivity contribution >= 4 is 29.0 Å². The van der Waals surface area contributed by atoms with Crippen LogP contribution in [0.25, 0.3) is 0 Å². The van der Waals surface area contributed by atoms with Gasteiger partial charge < -0.3 is 20.4 Å². The summed E-state index contributed by atoms with van der Waals surface area (Å²) in [6.07, 6.45) is 0.355. The summed E-state index contributed by atoms with van der Waals surface area (Å²) >= 11 is 1.60. The predicted molar refractivity (Wildman–Crippen MR) is 99.4 cm³/mol. The van der Waals surface area contributed by atoms with Crippen LogP contribution < -0.4 is 5.32 Å². The Morgan fingerprint density at radius 3 is 2.85 bits per heavy atom. The summed E-state index contributed by atoms with van der Waals surface area (Å²) < 4.78 is 0. The summed E-state index contributed by atoms with van der Waals surface area (Å²) in [5.41, 5.74) is 1.81. The fourth-order valence-electron chi connectivity index (χ4n) is 4.26. The van der Waals surface area contributed by atoms with Gasteiger partial charge in [0.15, 0.2) is 0 Å². The van der Waals surface area contributed by atoms with Crippen molar-refractivity contribution < 1.29 is 19.8 Å². The molecule has 0 aromatic carbocycles. The quantitative estimate of drug-likeness (QED) is 0.633. The smallest absolute Gasteiger partial charge is 0.352 e. The molecular weight excluding hydrogens is 368 g/mol. The summed E-state index contributed by atoms with van der Waals surface area (Å²) in [5.74, 6) is -1.11. The van der Waals surface area contributed by atoms with Crippen molar-refractivity contribution in [1.82, 2.24) is 15.2 Å². The lowest BCUT2D eigenvalue weighted by molar-refractivity contribution is -0.161. The highest BCUT2D eigenvalue weighted by Crippen LogP contribution is 2.45. The minimum Gasteiger partial charge on any atom is -0.477 e. The minimum atomic E-state index is -1.09. The number of amidine groups is 1. The monoisotopic (exact) mass is 390 g/mol. The molecular formula is C18H22N4O4S. The van der Waals surface area contributed by atoms with Crippen LogP contribution in [0.15, 0.2) is 21.6 Å². The van der Waals surface area contributed by atoms with Crippen LogP contribution >= 0.6 is 11.3 Å². The second-order valence-corrected chi connectivity index (χ2v) is 8.39. The number of aromatic nitrogens is 1. The number of hydrogen-bond donors (Lipinski definition) is 3. The second-order valence-electron chi connectivity index (χ2n) is 7.32. The third-order valence-corrected chi connectivity index (χ3v) is 6.35. The van der Waals surface area contributed by atoms with E-state index in [9.17, 15) is 19.8 Å². The summed E-state index contributed by atoms with van der Waals surface area (Å²) in [4.78, 5) is 34.5. The second kappa shape index (κ2) is 6.72. The van der Waals surface area contributed by atoms with Gasteiger partial charge in [-0.15, -0.1) is 11.3 Å². The average Bonchev–Trinajstić information content (AvgIpc) is 3.16. The molecule has 1 aromatic heterocycles. The van der Waals surface area contributed by atoms with Gasteiger partial charge in [-0.05, 0) is 25.8 Å². The molecule has 8 nitrogen and oxygen atoms in total. The SMILES string of the molecule is Cc1nc(CC2=NCC(C3=C(C(=O)O)N4C(=O)[C@H]([C@@H](C)O)[C@H]4C3)CN2)cs1. The van der Waals surface area contributed by atoms with Gasteiger partial charge in [0.05, 0.1) is 28.8 Å². The molecule has 1 aromatic rings. The number of β-lactam (4-membered cyclic amide) rings is 1. The van der Waals surface area contributed by atoms with Crippen molar-refractivity contribution in [2.75, 3.05) is 13.1 Å². The molecule has 1 saturated heterocycles. The third kappa shape index (κ3) is 3.04. The van der Waals surface area contributed by atoms with Gasteiger partial charge in [0, 0.05) is 30.8 Å². The van der Waals surface area contributed by atoms with Gasteiger partial charge in [-0.3, -0.25) is 9.79 Å². The van der Waals surface area contributed by atoms with Crippen LogP contribution in [0.4, 0.5) is 0 Å². The molecule has 4 atom stereocenters. The number of aliphatic carboxylic acids is 1. The van der Waals surface area contributed by atoms with E-state index in [1.165, 1.54) is 4.90 Å². The molecule has 1 fully saturated rings. The van der Waals surface area contributed by atoms with Crippen LogP contribution in [-0.2, 0) is 16.0 Å². The van der Waals surface area contributed by atoms with Crippen LogP contribution in [0.2, 0.25) is 0 Å². The number of hydrogen-bond acceptors (Lipinski definition) is 7. The van der Waals surface area contributed by atoms with Crippen molar-refractivity contribution in [3.63, 3.8) is 0 Å². The fraction of sp³-hybridized carbons (Fsp3) is 0.556. The Bertz CT molecular complexity index is 859. The van der Waals surface area contributed by atoms with Crippen LogP contribution in [0.3, 0.4) is 0 Å². The van der Waals surface area contributed by atoms with Gasteiger partial charge in [0.25, 0.3) is 0 Å². The van der Waals surface area contributed by atoms with Crippen LogP contribution in [0.1, 0.15) is 24.0 Å². The number of carbonyl (C=O) groups is 2. The Hall–Kier alpha value is -2.26. The number of aryl methyl sites for hydroxylation is 1. The van der Waals surface area contributed by atoms with Gasteiger partial charge in [0.1, 0.15) is 11.5 Å². The van der Waals surface area contributed by atoms with Crippen molar-refractivity contribution in [3.05, 3.63) is 27.4 Å². The Balaban J connectivity index is 1.50. The first kappa shape index (κ1) is 18.1. The van der Waals surface area contributed by atoms with E-state index < -0.39 is 18.0 Å². The first-order valence-corrected chi connectivity index (χ1v) is 9.90. The Morgan fingerprint density at radius 2 is 2.30 bits per heavy atom. The Kier molecular flexibility index (Phi) is 4.51. The van der Waals surface area contributed by atoms with Crippen molar-refractivity contribution in [3.8, 4) is 0 Å². The van der Waals surface area contributed by atoms with Gasteiger partial charge in [-0.2, -0.15) is 0 Å². The first-order chi connectivity index (χ1) is 12.9. The minimum absolute atomic E-state index is 0.0648. The standard InChI is InChI=1S/C18H22N4O4S/c1-8(23)15-13-4-12(16(18(25)26)22(13)17(15)24)10-5-19-14(20-6-10)3-11-7-27-9(2)21-11/h7-8,10,13,15,23H,3-6H2,1-2H3,(H,19,20)(H,25,26)/t8-,13-,15-/m1/s1. The average molecular weight is 390 g/mol. The molecule has 3 N–H and O–H groups in total. The van der Waals surface area contributed by atoms with Crippen molar-refractivity contribution in [2.24, 2.45) is 16.8 Å². The highest BCUT2D eigenvalue weighted by atomic mass is 32.1. The number of thiazole rings is 1. The Morgan fingerprint density at radius 1 is 1.52 bits per heavy atom. The molecule has 144 valence electrons. The highest BCUT2D eigenvalue weighted by Gasteiger charge is 2.57. The van der Waals surface area contributed by atoms with Crippen LogP contribution in [0, 0.1) is 18.8 Å². The molecule has 0 bridgehead atoms. The van der Waals surface area contributed by atoms with Gasteiger partial charge >= 0.3 is 5.97 Å². The van der Waals surface area contributed by atoms with Gasteiger partial charge in [-0.25, -0.2) is 9.78 Å². The van der Waals surface area contributed by atoms with E-state index in [-0.39, 0.29) is 23.6 Å². The number of nitrogens with zero attached hydrogens (tertiary/aromatic N) is 3. The van der Waals surface area contributed by atoms with Crippen LogP contribution in [-0.4, -0.2) is 63.0 Å². The molecule has 3 aliphatic rings. The molecule has 4 heterocycles. The number of aliphatic hydroxyl groups excluding tert-OH is 1. The molecule has 9 heteroatoms. The summed E-state index contributed by atoms with van der Waals surface area (Å²) in [5, 5.41) is 25.8. The zero-order valence-electron chi connectivity index (χ0n) is 15.2. The van der Waals surface area contributed by atoms with E-state index in [1.54, 1.807) is 18.3 Å². The van der Waals surface area contributed by atoms with Crippen molar-refractivity contribution in [2.45, 2.75) is 38.8 Å². The molecule has 0 saturated carbocycles. The number of amides is 1. The molecule has 4 rings (SSSR count). The number of carbonyl (C=O) groups excluding carboxylic acids is 1. The van der Waals surface area contributed by atoms with Crippen LogP contribution in [0.5, 0.6) is 0 Å². The van der Waals surface area contributed by atoms with E-state index in [2.05, 4.69) is 15.3 Å². The number of carboxylic acids is 1. The zero-order valence-corrected chi connectivity index (χ0v) is 16.0. The lowest BCUT2D eigenvalue weighted by atomic mass is 9.82. The van der Waals surface area contributed by atoms with Gasteiger partial charge in [0.2, 0.25) is 5.91 Å². The Labute approximate surface area is 160 Å².